The Morgan fingerprint density at radius 3 is 2.12 bits per heavy atom. The van der Waals surface area contributed by atoms with Gasteiger partial charge in [0.1, 0.15) is 0 Å². The van der Waals surface area contributed by atoms with E-state index >= 15 is 0 Å². The second kappa shape index (κ2) is 12.3. The molecule has 1 fully saturated rings. The highest BCUT2D eigenvalue weighted by molar-refractivity contribution is 8.18. The van der Waals surface area contributed by atoms with Gasteiger partial charge in [0.15, 0.2) is 23.0 Å². The summed E-state index contributed by atoms with van der Waals surface area (Å²) >= 11 is 3.85. The van der Waals surface area contributed by atoms with E-state index < -0.39 is 0 Å². The summed E-state index contributed by atoms with van der Waals surface area (Å²) in [7, 11) is 6.54. The van der Waals surface area contributed by atoms with Crippen LogP contribution in [0.5, 0.6) is 23.0 Å². The molecule has 3 rings (SSSR count). The number of carbonyl (C=O) groups is 1. The lowest BCUT2D eigenvalue weighted by Gasteiger charge is -2.37. The molecule has 1 saturated heterocycles. The minimum absolute atomic E-state index is 0.0714. The van der Waals surface area contributed by atoms with Crippen molar-refractivity contribution in [2.24, 2.45) is 0 Å². The fourth-order valence-electron chi connectivity index (χ4n) is 3.85. The van der Waals surface area contributed by atoms with E-state index in [2.05, 4.69) is 17.4 Å². The number of benzene rings is 2. The molecule has 0 unspecified atom stereocenters. The molecule has 1 heterocycles. The van der Waals surface area contributed by atoms with Crippen LogP contribution in [0.15, 0.2) is 36.4 Å². The molecule has 0 radical (unpaired) electrons. The zero-order valence-electron chi connectivity index (χ0n) is 19.8. The van der Waals surface area contributed by atoms with Crippen molar-refractivity contribution in [3.05, 3.63) is 47.5 Å². The quantitative estimate of drug-likeness (QED) is 0.480. The van der Waals surface area contributed by atoms with E-state index in [1.54, 1.807) is 28.4 Å². The number of nitrogens with one attached hydrogen (secondary N) is 1. The van der Waals surface area contributed by atoms with Crippen LogP contribution >= 0.6 is 23.5 Å². The Morgan fingerprint density at radius 1 is 0.879 bits per heavy atom. The molecule has 1 amide bonds. The van der Waals surface area contributed by atoms with Crippen LogP contribution in [-0.2, 0) is 15.3 Å². The molecule has 1 aliphatic rings. The standard InChI is InChI=1S/C25H33NO5S2/c1-28-20-8-6-18(16-22(20)30-3)11-13-26-24(27)10-12-25(32-14-5-15-33-25)19-7-9-21(29-2)23(17-19)31-4/h6-9,16-17H,5,10-15H2,1-4H3,(H,26,27). The maximum Gasteiger partial charge on any atom is 0.220 e. The first-order chi connectivity index (χ1) is 16.0. The van der Waals surface area contributed by atoms with Crippen LogP contribution in [0.4, 0.5) is 0 Å². The van der Waals surface area contributed by atoms with Gasteiger partial charge in [-0.2, -0.15) is 0 Å². The topological polar surface area (TPSA) is 66.0 Å². The highest BCUT2D eigenvalue weighted by Crippen LogP contribution is 2.54. The van der Waals surface area contributed by atoms with Crippen LogP contribution in [0.2, 0.25) is 0 Å². The number of rotatable bonds is 11. The van der Waals surface area contributed by atoms with Gasteiger partial charge in [0.2, 0.25) is 5.91 Å². The van der Waals surface area contributed by atoms with Crippen LogP contribution < -0.4 is 24.3 Å². The largest absolute Gasteiger partial charge is 0.493 e. The first-order valence-corrected chi connectivity index (χ1v) is 13.0. The van der Waals surface area contributed by atoms with Crippen molar-refractivity contribution < 1.29 is 23.7 Å². The Hall–Kier alpha value is -2.19. The fraction of sp³-hybridized carbons (Fsp3) is 0.480. The molecule has 1 N–H and O–H groups in total. The Kier molecular flexibility index (Phi) is 9.50. The van der Waals surface area contributed by atoms with Gasteiger partial charge in [-0.1, -0.05) is 12.1 Å². The lowest BCUT2D eigenvalue weighted by atomic mass is 10.1. The Morgan fingerprint density at radius 2 is 1.48 bits per heavy atom. The van der Waals surface area contributed by atoms with Gasteiger partial charge >= 0.3 is 0 Å². The molecule has 2 aromatic carbocycles. The smallest absolute Gasteiger partial charge is 0.220 e. The zero-order valence-corrected chi connectivity index (χ0v) is 21.4. The molecule has 0 bridgehead atoms. The average molecular weight is 492 g/mol. The molecule has 1 aliphatic heterocycles. The maximum atomic E-state index is 12.7. The van der Waals surface area contributed by atoms with Crippen molar-refractivity contribution in [3.8, 4) is 23.0 Å². The summed E-state index contributed by atoms with van der Waals surface area (Å²) in [5, 5.41) is 3.07. The summed E-state index contributed by atoms with van der Waals surface area (Å²) < 4.78 is 21.4. The SMILES string of the molecule is COc1ccc(CCNC(=O)CCC2(c3ccc(OC)c(OC)c3)SCCCS2)cc1OC. The van der Waals surface area contributed by atoms with Crippen molar-refractivity contribution >= 4 is 29.4 Å². The van der Waals surface area contributed by atoms with E-state index in [0.29, 0.717) is 24.5 Å². The van der Waals surface area contributed by atoms with E-state index in [1.165, 1.54) is 12.0 Å². The Balaban J connectivity index is 1.59. The molecule has 180 valence electrons. The van der Waals surface area contributed by atoms with Gasteiger partial charge in [0, 0.05) is 13.0 Å². The zero-order chi connectivity index (χ0) is 23.7. The number of hydrogen-bond donors (Lipinski definition) is 1. The monoisotopic (exact) mass is 491 g/mol. The van der Waals surface area contributed by atoms with Crippen LogP contribution in [0.25, 0.3) is 0 Å². The molecule has 0 aromatic heterocycles. The van der Waals surface area contributed by atoms with Crippen LogP contribution in [0.1, 0.15) is 30.4 Å². The summed E-state index contributed by atoms with van der Waals surface area (Å²) in [6.45, 7) is 0.581. The van der Waals surface area contributed by atoms with E-state index in [0.717, 1.165) is 41.4 Å². The summed E-state index contributed by atoms with van der Waals surface area (Å²) in [6, 6.07) is 11.9. The lowest BCUT2D eigenvalue weighted by molar-refractivity contribution is -0.121. The van der Waals surface area contributed by atoms with E-state index in [4.69, 9.17) is 18.9 Å². The number of ether oxygens (including phenoxy) is 4. The molecule has 0 spiro atoms. The van der Waals surface area contributed by atoms with Crippen LogP contribution in [0.3, 0.4) is 0 Å². The molecular weight excluding hydrogens is 458 g/mol. The third-order valence-corrected chi connectivity index (χ3v) is 9.15. The number of amides is 1. The second-order valence-electron chi connectivity index (χ2n) is 7.66. The predicted octanol–water partition coefficient (Wildman–Crippen LogP) is 4.88. The fourth-order valence-corrected chi connectivity index (χ4v) is 7.18. The van der Waals surface area contributed by atoms with Crippen molar-refractivity contribution in [3.63, 3.8) is 0 Å². The maximum absolute atomic E-state index is 12.7. The van der Waals surface area contributed by atoms with Crippen molar-refractivity contribution in [1.29, 1.82) is 0 Å². The molecule has 0 saturated carbocycles. The van der Waals surface area contributed by atoms with Crippen molar-refractivity contribution in [2.45, 2.75) is 29.8 Å². The third-order valence-electron chi connectivity index (χ3n) is 5.65. The predicted molar refractivity (Wildman–Crippen MR) is 136 cm³/mol. The summed E-state index contributed by atoms with van der Waals surface area (Å²) in [5.74, 6) is 5.08. The Bertz CT molecular complexity index is 931. The number of carbonyl (C=O) groups excluding carboxylic acids is 1. The van der Waals surface area contributed by atoms with E-state index in [1.807, 2.05) is 47.8 Å². The summed E-state index contributed by atoms with van der Waals surface area (Å²) in [5.41, 5.74) is 2.26. The molecule has 0 aliphatic carbocycles. The lowest BCUT2D eigenvalue weighted by Crippen LogP contribution is -2.29. The van der Waals surface area contributed by atoms with E-state index in [9.17, 15) is 4.79 Å². The van der Waals surface area contributed by atoms with Gasteiger partial charge in [0.05, 0.1) is 32.5 Å². The van der Waals surface area contributed by atoms with Crippen LogP contribution in [0, 0.1) is 0 Å². The van der Waals surface area contributed by atoms with Gasteiger partial charge < -0.3 is 24.3 Å². The van der Waals surface area contributed by atoms with Gasteiger partial charge in [-0.3, -0.25) is 4.79 Å². The molecule has 8 heteroatoms. The van der Waals surface area contributed by atoms with Crippen molar-refractivity contribution in [2.75, 3.05) is 46.5 Å². The molecule has 2 aromatic rings. The van der Waals surface area contributed by atoms with Gasteiger partial charge in [0.25, 0.3) is 0 Å². The Labute approximate surface area is 205 Å². The normalized spacial score (nSPS) is 14.9. The third kappa shape index (κ3) is 6.44. The molecule has 33 heavy (non-hydrogen) atoms. The van der Waals surface area contributed by atoms with Gasteiger partial charge in [-0.25, -0.2) is 0 Å². The summed E-state index contributed by atoms with van der Waals surface area (Å²) in [4.78, 5) is 12.7. The van der Waals surface area contributed by atoms with Gasteiger partial charge in [-0.05, 0) is 66.2 Å². The van der Waals surface area contributed by atoms with Crippen LogP contribution in [-0.4, -0.2) is 52.4 Å². The molecular formula is C25H33NO5S2. The molecule has 6 nitrogen and oxygen atoms in total. The summed E-state index contributed by atoms with van der Waals surface area (Å²) in [6.07, 6.45) is 3.15. The average Bonchev–Trinajstić information content (AvgIpc) is 2.87. The minimum Gasteiger partial charge on any atom is -0.493 e. The first-order valence-electron chi connectivity index (χ1n) is 11.0. The van der Waals surface area contributed by atoms with E-state index in [-0.39, 0.29) is 9.99 Å². The van der Waals surface area contributed by atoms with Crippen molar-refractivity contribution in [1.82, 2.24) is 5.32 Å². The second-order valence-corrected chi connectivity index (χ2v) is 10.7. The highest BCUT2D eigenvalue weighted by Gasteiger charge is 2.36. The first kappa shape index (κ1) is 25.4. The van der Waals surface area contributed by atoms with Gasteiger partial charge in [-0.15, -0.1) is 23.5 Å². The highest BCUT2D eigenvalue weighted by atomic mass is 32.2. The number of thioether (sulfide) groups is 2. The minimum atomic E-state index is -0.154. The number of hydrogen-bond acceptors (Lipinski definition) is 7. The number of methoxy groups -OCH3 is 4. The molecule has 0 atom stereocenters.